The van der Waals surface area contributed by atoms with Gasteiger partial charge in [0.2, 0.25) is 0 Å². The molecule has 3 N–H and O–H groups in total. The van der Waals surface area contributed by atoms with Gasteiger partial charge in [0.1, 0.15) is 17.2 Å². The van der Waals surface area contributed by atoms with Crippen LogP contribution in [0.15, 0.2) is 11.8 Å². The van der Waals surface area contributed by atoms with Crippen molar-refractivity contribution >= 4 is 18.0 Å². The van der Waals surface area contributed by atoms with E-state index < -0.39 is 29.5 Å². The lowest BCUT2D eigenvalue weighted by atomic mass is 9.97. The number of carbonyl (C=O) groups excluding carboxylic acids is 2. The zero-order valence-corrected chi connectivity index (χ0v) is 15.4. The minimum Gasteiger partial charge on any atom is -0.481 e. The fourth-order valence-electron chi connectivity index (χ4n) is 2.46. The van der Waals surface area contributed by atoms with Crippen molar-refractivity contribution in [2.75, 3.05) is 26.2 Å². The average molecular weight is 366 g/mol. The highest BCUT2D eigenvalue weighted by molar-refractivity contribution is 5.97. The van der Waals surface area contributed by atoms with Crippen LogP contribution in [0, 0.1) is 17.2 Å². The van der Waals surface area contributed by atoms with Crippen LogP contribution in [-0.4, -0.2) is 64.7 Å². The molecule has 1 aliphatic heterocycles. The second kappa shape index (κ2) is 9.20. The Morgan fingerprint density at radius 1 is 1.35 bits per heavy atom. The predicted molar refractivity (Wildman–Crippen MR) is 92.6 cm³/mol. The van der Waals surface area contributed by atoms with Crippen LogP contribution in [0.3, 0.4) is 0 Å². The molecule has 9 nitrogen and oxygen atoms in total. The molecule has 26 heavy (non-hydrogen) atoms. The number of nitrogens with zero attached hydrogens (tertiary/aromatic N) is 3. The number of carboxylic acids is 1. The summed E-state index contributed by atoms with van der Waals surface area (Å²) in [4.78, 5) is 38.3. The molecule has 0 radical (unpaired) electrons. The molecule has 0 aromatic rings. The van der Waals surface area contributed by atoms with Gasteiger partial charge in [-0.3, -0.25) is 14.5 Å². The largest absolute Gasteiger partial charge is 0.481 e. The lowest BCUT2D eigenvalue weighted by molar-refractivity contribution is -0.145. The van der Waals surface area contributed by atoms with Gasteiger partial charge in [0.25, 0.3) is 5.91 Å². The number of nitriles is 1. The topological polar surface area (TPSA) is 137 Å². The van der Waals surface area contributed by atoms with E-state index in [1.165, 1.54) is 4.90 Å². The van der Waals surface area contributed by atoms with Crippen molar-refractivity contribution in [3.8, 4) is 6.07 Å². The van der Waals surface area contributed by atoms with Gasteiger partial charge in [-0.25, -0.2) is 4.79 Å². The maximum Gasteiger partial charge on any atom is 0.414 e. The van der Waals surface area contributed by atoms with Gasteiger partial charge in [-0.15, -0.1) is 0 Å². The number of nitrogens with two attached hydrogens (primary N) is 1. The van der Waals surface area contributed by atoms with Gasteiger partial charge in [-0.05, 0) is 33.6 Å². The lowest BCUT2D eigenvalue weighted by Gasteiger charge is -2.30. The van der Waals surface area contributed by atoms with Crippen LogP contribution in [0.25, 0.3) is 0 Å². The molecule has 0 aromatic heterocycles. The first-order valence-electron chi connectivity index (χ1n) is 8.42. The summed E-state index contributed by atoms with van der Waals surface area (Å²) in [7, 11) is 0. The third kappa shape index (κ3) is 6.37. The first-order valence-corrected chi connectivity index (χ1v) is 8.42. The van der Waals surface area contributed by atoms with Gasteiger partial charge < -0.3 is 20.5 Å². The molecule has 0 atom stereocenters. The van der Waals surface area contributed by atoms with Gasteiger partial charge in [0, 0.05) is 32.4 Å². The first kappa shape index (κ1) is 21.4. The summed E-state index contributed by atoms with van der Waals surface area (Å²) in [5, 5.41) is 18.3. The molecule has 1 aliphatic rings. The molecule has 0 aliphatic carbocycles. The van der Waals surface area contributed by atoms with Crippen LogP contribution < -0.4 is 5.73 Å². The number of hydrogen-bond acceptors (Lipinski definition) is 6. The van der Waals surface area contributed by atoms with Crippen molar-refractivity contribution < 1.29 is 24.2 Å². The molecule has 0 aromatic carbocycles. The van der Waals surface area contributed by atoms with E-state index in [0.29, 0.717) is 12.8 Å². The van der Waals surface area contributed by atoms with Crippen LogP contribution >= 0.6 is 0 Å². The van der Waals surface area contributed by atoms with Gasteiger partial charge in [-0.1, -0.05) is 0 Å². The Bertz CT molecular complexity index is 610. The Kier molecular flexibility index (Phi) is 7.58. The van der Waals surface area contributed by atoms with Gasteiger partial charge >= 0.3 is 12.1 Å². The molecule has 0 saturated carbocycles. The van der Waals surface area contributed by atoms with E-state index >= 15 is 0 Å². The van der Waals surface area contributed by atoms with E-state index in [1.54, 1.807) is 26.8 Å². The smallest absolute Gasteiger partial charge is 0.414 e. The van der Waals surface area contributed by atoms with Gasteiger partial charge in [0.05, 0.1) is 5.92 Å². The summed E-state index contributed by atoms with van der Waals surface area (Å²) in [5.41, 5.74) is 4.55. The molecule has 1 saturated heterocycles. The molecule has 9 heteroatoms. The van der Waals surface area contributed by atoms with Crippen LogP contribution in [0.5, 0.6) is 0 Å². The van der Waals surface area contributed by atoms with Crippen LogP contribution in [0.4, 0.5) is 4.79 Å². The summed E-state index contributed by atoms with van der Waals surface area (Å²) < 4.78 is 5.25. The fourth-order valence-corrected chi connectivity index (χ4v) is 2.46. The highest BCUT2D eigenvalue weighted by atomic mass is 16.6. The number of aliphatic carboxylic acids is 1. The normalized spacial score (nSPS) is 16.0. The average Bonchev–Trinajstić information content (AvgIpc) is 2.56. The van der Waals surface area contributed by atoms with Gasteiger partial charge in [-0.2, -0.15) is 5.26 Å². The zero-order chi connectivity index (χ0) is 19.9. The molecule has 0 bridgehead atoms. The monoisotopic (exact) mass is 366 g/mol. The summed E-state index contributed by atoms with van der Waals surface area (Å²) in [6, 6.07) is 1.80. The van der Waals surface area contributed by atoms with Crippen LogP contribution in [0.2, 0.25) is 0 Å². The standard InChI is InChI=1S/C17H26N4O5/c1-17(2,3)26-16(25)21(9-6-18)11-13(10-19)14(22)20-7-4-12(5-8-20)15(23)24/h11-12H,4-9,18H2,1-3H3,(H,23,24)/b13-11-. The van der Waals surface area contributed by atoms with Crippen molar-refractivity contribution in [1.29, 1.82) is 5.26 Å². The second-order valence-corrected chi connectivity index (χ2v) is 7.02. The van der Waals surface area contributed by atoms with E-state index in [0.717, 1.165) is 11.1 Å². The van der Waals surface area contributed by atoms with E-state index in [1.807, 2.05) is 0 Å². The molecular formula is C17H26N4O5. The molecule has 0 spiro atoms. The maximum absolute atomic E-state index is 12.5. The number of amides is 2. The Labute approximate surface area is 153 Å². The molecule has 144 valence electrons. The maximum atomic E-state index is 12.5. The third-order valence-corrected chi connectivity index (χ3v) is 3.77. The predicted octanol–water partition coefficient (Wildman–Crippen LogP) is 0.913. The Morgan fingerprint density at radius 3 is 2.35 bits per heavy atom. The number of piperidine rings is 1. The lowest BCUT2D eigenvalue weighted by Crippen LogP contribution is -2.42. The van der Waals surface area contributed by atoms with Crippen LogP contribution in [0.1, 0.15) is 33.6 Å². The highest BCUT2D eigenvalue weighted by Gasteiger charge is 2.29. The highest BCUT2D eigenvalue weighted by Crippen LogP contribution is 2.19. The number of hydrogen-bond donors (Lipinski definition) is 2. The van der Waals surface area contributed by atoms with Crippen molar-refractivity contribution in [3.05, 3.63) is 11.8 Å². The summed E-state index contributed by atoms with van der Waals surface area (Å²) in [5.74, 6) is -1.90. The van der Waals surface area contributed by atoms with E-state index in [2.05, 4.69) is 0 Å². The summed E-state index contributed by atoms with van der Waals surface area (Å²) >= 11 is 0. The van der Waals surface area contributed by atoms with E-state index in [9.17, 15) is 19.6 Å². The first-order chi connectivity index (χ1) is 12.1. The number of likely N-dealkylation sites (tertiary alicyclic amines) is 1. The summed E-state index contributed by atoms with van der Waals surface area (Å²) in [6.45, 7) is 5.84. The van der Waals surface area contributed by atoms with Crippen LogP contribution in [-0.2, 0) is 14.3 Å². The summed E-state index contributed by atoms with van der Waals surface area (Å²) in [6.07, 6.45) is 1.11. The quantitative estimate of drug-likeness (QED) is 0.545. The molecule has 1 rings (SSSR count). The molecule has 1 fully saturated rings. The van der Waals surface area contributed by atoms with E-state index in [4.69, 9.17) is 15.6 Å². The van der Waals surface area contributed by atoms with Crippen molar-refractivity contribution in [3.63, 3.8) is 0 Å². The third-order valence-electron chi connectivity index (χ3n) is 3.77. The molecule has 1 heterocycles. The number of rotatable bonds is 5. The van der Waals surface area contributed by atoms with Crippen molar-refractivity contribution in [2.45, 2.75) is 39.2 Å². The number of ether oxygens (including phenoxy) is 1. The Balaban J connectivity index is 2.89. The van der Waals surface area contributed by atoms with Gasteiger partial charge in [0.15, 0.2) is 0 Å². The zero-order valence-electron chi connectivity index (χ0n) is 15.4. The Hall–Kier alpha value is -2.60. The SMILES string of the molecule is CC(C)(C)OC(=O)N(/C=C(/C#N)C(=O)N1CCC(C(=O)O)CC1)CCN. The fraction of sp³-hybridized carbons (Fsp3) is 0.647. The molecule has 2 amide bonds. The van der Waals surface area contributed by atoms with Crippen molar-refractivity contribution in [2.24, 2.45) is 11.7 Å². The Morgan fingerprint density at radius 2 is 1.92 bits per heavy atom. The molecular weight excluding hydrogens is 340 g/mol. The number of carboxylic acid groups (broad SMARTS) is 1. The minimum absolute atomic E-state index is 0.0917. The molecule has 0 unspecified atom stereocenters. The van der Waals surface area contributed by atoms with Crippen molar-refractivity contribution in [1.82, 2.24) is 9.80 Å². The van der Waals surface area contributed by atoms with E-state index in [-0.39, 0.29) is 31.8 Å². The second-order valence-electron chi connectivity index (χ2n) is 7.02. The minimum atomic E-state index is -0.882. The number of carbonyl (C=O) groups is 3.